The number of carbonyl (C=O) groups excluding carboxylic acids is 1. The number of nitrogens with one attached hydrogen (secondary N) is 1. The van der Waals surface area contributed by atoms with Gasteiger partial charge in [-0.15, -0.1) is 11.3 Å². The van der Waals surface area contributed by atoms with Crippen molar-refractivity contribution in [2.24, 2.45) is 0 Å². The standard InChI is InChI=1S/C13H11Br2NO3S2/c1-7-3-4-8(21(2,18)19)5-10(7)16-13(17)11-6-9(14)12(15)20-11/h3-6H,1-2H3,(H,16,17). The highest BCUT2D eigenvalue weighted by Gasteiger charge is 2.15. The molecular formula is C13H11Br2NO3S2. The fraction of sp³-hybridized carbons (Fsp3) is 0.154. The first-order valence-electron chi connectivity index (χ1n) is 5.75. The number of aryl methyl sites for hydroxylation is 1. The van der Waals surface area contributed by atoms with Gasteiger partial charge in [-0.2, -0.15) is 0 Å². The van der Waals surface area contributed by atoms with Crippen LogP contribution in [0, 0.1) is 6.92 Å². The van der Waals surface area contributed by atoms with Crippen molar-refractivity contribution in [2.75, 3.05) is 11.6 Å². The van der Waals surface area contributed by atoms with E-state index in [1.807, 2.05) is 6.92 Å². The molecule has 0 aliphatic rings. The molecule has 1 heterocycles. The number of sulfone groups is 1. The third-order valence-corrected chi connectivity index (χ3v) is 7.12. The summed E-state index contributed by atoms with van der Waals surface area (Å²) >= 11 is 7.96. The zero-order valence-electron chi connectivity index (χ0n) is 11.1. The Morgan fingerprint density at radius 1 is 1.24 bits per heavy atom. The van der Waals surface area contributed by atoms with Crippen LogP contribution in [-0.2, 0) is 9.84 Å². The van der Waals surface area contributed by atoms with E-state index in [2.05, 4.69) is 37.2 Å². The normalized spacial score (nSPS) is 11.4. The molecule has 0 spiro atoms. The van der Waals surface area contributed by atoms with E-state index >= 15 is 0 Å². The van der Waals surface area contributed by atoms with E-state index in [0.717, 1.165) is 20.1 Å². The van der Waals surface area contributed by atoms with E-state index < -0.39 is 9.84 Å². The monoisotopic (exact) mass is 451 g/mol. The van der Waals surface area contributed by atoms with E-state index in [4.69, 9.17) is 0 Å². The molecule has 21 heavy (non-hydrogen) atoms. The lowest BCUT2D eigenvalue weighted by Gasteiger charge is -2.09. The summed E-state index contributed by atoms with van der Waals surface area (Å²) in [6.07, 6.45) is 1.14. The molecule has 0 unspecified atom stereocenters. The Labute approximate surface area is 143 Å². The molecule has 1 aromatic heterocycles. The Morgan fingerprint density at radius 2 is 1.90 bits per heavy atom. The Kier molecular flexibility index (Phi) is 4.92. The Bertz CT molecular complexity index is 793. The smallest absolute Gasteiger partial charge is 0.265 e. The van der Waals surface area contributed by atoms with Gasteiger partial charge in [0, 0.05) is 16.4 Å². The molecule has 1 amide bonds. The quantitative estimate of drug-likeness (QED) is 0.757. The van der Waals surface area contributed by atoms with Crippen molar-refractivity contribution in [1.29, 1.82) is 0 Å². The van der Waals surface area contributed by atoms with Crippen molar-refractivity contribution in [2.45, 2.75) is 11.8 Å². The Morgan fingerprint density at radius 3 is 2.43 bits per heavy atom. The van der Waals surface area contributed by atoms with Gasteiger partial charge in [0.05, 0.1) is 13.6 Å². The summed E-state index contributed by atoms with van der Waals surface area (Å²) in [5, 5.41) is 2.74. The summed E-state index contributed by atoms with van der Waals surface area (Å²) in [6, 6.07) is 6.38. The molecule has 0 saturated heterocycles. The highest BCUT2D eigenvalue weighted by Crippen LogP contribution is 2.33. The van der Waals surface area contributed by atoms with E-state index in [1.165, 1.54) is 23.5 Å². The minimum Gasteiger partial charge on any atom is -0.321 e. The van der Waals surface area contributed by atoms with E-state index in [1.54, 1.807) is 12.1 Å². The highest BCUT2D eigenvalue weighted by atomic mass is 79.9. The number of rotatable bonds is 3. The second-order valence-electron chi connectivity index (χ2n) is 4.44. The lowest BCUT2D eigenvalue weighted by Crippen LogP contribution is -2.12. The van der Waals surface area contributed by atoms with Crippen LogP contribution in [0.4, 0.5) is 5.69 Å². The van der Waals surface area contributed by atoms with E-state index in [9.17, 15) is 13.2 Å². The van der Waals surface area contributed by atoms with Crippen LogP contribution in [0.1, 0.15) is 15.2 Å². The molecule has 0 aliphatic carbocycles. The van der Waals surface area contributed by atoms with Gasteiger partial charge >= 0.3 is 0 Å². The maximum absolute atomic E-state index is 12.2. The average Bonchev–Trinajstić information content (AvgIpc) is 2.71. The largest absolute Gasteiger partial charge is 0.321 e. The zero-order valence-corrected chi connectivity index (χ0v) is 15.9. The fourth-order valence-electron chi connectivity index (χ4n) is 1.61. The van der Waals surface area contributed by atoms with Gasteiger partial charge < -0.3 is 5.32 Å². The van der Waals surface area contributed by atoms with Crippen LogP contribution >= 0.6 is 43.2 Å². The Balaban J connectivity index is 2.33. The molecule has 0 saturated carbocycles. The molecule has 4 nitrogen and oxygen atoms in total. The van der Waals surface area contributed by atoms with Crippen LogP contribution in [0.2, 0.25) is 0 Å². The van der Waals surface area contributed by atoms with E-state index in [0.29, 0.717) is 10.6 Å². The van der Waals surface area contributed by atoms with Crippen LogP contribution in [0.25, 0.3) is 0 Å². The summed E-state index contributed by atoms with van der Waals surface area (Å²) in [6.45, 7) is 1.81. The van der Waals surface area contributed by atoms with Crippen molar-refractivity contribution in [1.82, 2.24) is 0 Å². The lowest BCUT2D eigenvalue weighted by atomic mass is 10.2. The molecule has 8 heteroatoms. The maximum atomic E-state index is 12.2. The first-order chi connectivity index (χ1) is 9.68. The number of halogens is 2. The molecular weight excluding hydrogens is 442 g/mol. The highest BCUT2D eigenvalue weighted by molar-refractivity contribution is 9.13. The zero-order chi connectivity index (χ0) is 15.8. The SMILES string of the molecule is Cc1ccc(S(C)(=O)=O)cc1NC(=O)c1cc(Br)c(Br)s1. The maximum Gasteiger partial charge on any atom is 0.265 e. The van der Waals surface area contributed by atoms with Crippen molar-refractivity contribution in [3.05, 3.63) is 43.0 Å². The third-order valence-electron chi connectivity index (χ3n) is 2.75. The van der Waals surface area contributed by atoms with Gasteiger partial charge in [-0.05, 0) is 62.5 Å². The average molecular weight is 453 g/mol. The molecule has 0 aliphatic heterocycles. The number of carbonyl (C=O) groups is 1. The minimum absolute atomic E-state index is 0.178. The van der Waals surface area contributed by atoms with Crippen LogP contribution in [0.3, 0.4) is 0 Å². The molecule has 2 aromatic rings. The Hall–Kier alpha value is -0.700. The topological polar surface area (TPSA) is 63.2 Å². The van der Waals surface area contributed by atoms with Gasteiger partial charge in [-0.25, -0.2) is 8.42 Å². The second-order valence-corrected chi connectivity index (χ2v) is 9.68. The molecule has 1 N–H and O–H groups in total. The molecule has 0 fully saturated rings. The predicted molar refractivity (Wildman–Crippen MR) is 92.0 cm³/mol. The molecule has 112 valence electrons. The van der Waals surface area contributed by atoms with Gasteiger partial charge in [-0.3, -0.25) is 4.79 Å². The van der Waals surface area contributed by atoms with Crippen LogP contribution in [0.5, 0.6) is 0 Å². The molecule has 0 radical (unpaired) electrons. The van der Waals surface area contributed by atoms with E-state index in [-0.39, 0.29) is 10.8 Å². The summed E-state index contributed by atoms with van der Waals surface area (Å²) in [4.78, 5) is 12.9. The summed E-state index contributed by atoms with van der Waals surface area (Å²) < 4.78 is 24.8. The van der Waals surface area contributed by atoms with Crippen LogP contribution in [-0.4, -0.2) is 20.6 Å². The number of hydrogen-bond acceptors (Lipinski definition) is 4. The first kappa shape index (κ1) is 16.7. The summed E-state index contributed by atoms with van der Waals surface area (Å²) in [5.41, 5.74) is 1.29. The number of benzene rings is 1. The van der Waals surface area contributed by atoms with Crippen molar-refractivity contribution in [3.8, 4) is 0 Å². The van der Waals surface area contributed by atoms with Crippen molar-refractivity contribution in [3.63, 3.8) is 0 Å². The summed E-state index contributed by atoms with van der Waals surface area (Å²) in [5.74, 6) is -0.278. The first-order valence-corrected chi connectivity index (χ1v) is 10.0. The van der Waals surface area contributed by atoms with Gasteiger partial charge in [0.1, 0.15) is 0 Å². The van der Waals surface area contributed by atoms with Gasteiger partial charge in [0.25, 0.3) is 5.91 Å². The summed E-state index contributed by atoms with van der Waals surface area (Å²) in [7, 11) is -3.31. The van der Waals surface area contributed by atoms with Crippen molar-refractivity contribution >= 4 is 64.6 Å². The van der Waals surface area contributed by atoms with Crippen LogP contribution < -0.4 is 5.32 Å². The number of thiophene rings is 1. The number of hydrogen-bond donors (Lipinski definition) is 1. The van der Waals surface area contributed by atoms with Gasteiger partial charge in [0.2, 0.25) is 0 Å². The molecule has 2 rings (SSSR count). The molecule has 0 atom stereocenters. The van der Waals surface area contributed by atoms with Gasteiger partial charge in [-0.1, -0.05) is 6.07 Å². The number of amides is 1. The third kappa shape index (κ3) is 3.94. The lowest BCUT2D eigenvalue weighted by molar-refractivity contribution is 0.103. The fourth-order valence-corrected chi connectivity index (χ4v) is 4.19. The van der Waals surface area contributed by atoms with Gasteiger partial charge in [0.15, 0.2) is 9.84 Å². The van der Waals surface area contributed by atoms with Crippen LogP contribution in [0.15, 0.2) is 37.4 Å². The molecule has 0 bridgehead atoms. The number of anilines is 1. The molecule has 1 aromatic carbocycles. The van der Waals surface area contributed by atoms with Crippen molar-refractivity contribution < 1.29 is 13.2 Å². The second kappa shape index (κ2) is 6.20. The predicted octanol–water partition coefficient (Wildman–Crippen LogP) is 4.24. The minimum atomic E-state index is -3.31.